The van der Waals surface area contributed by atoms with Gasteiger partial charge < -0.3 is 5.32 Å². The van der Waals surface area contributed by atoms with Crippen molar-refractivity contribution in [1.82, 2.24) is 0 Å². The maximum atomic E-state index is 4.32. The van der Waals surface area contributed by atoms with Gasteiger partial charge >= 0.3 is 0 Å². The highest BCUT2D eigenvalue weighted by atomic mass is 14.9. The van der Waals surface area contributed by atoms with E-state index in [1.165, 1.54) is 0 Å². The van der Waals surface area contributed by atoms with Gasteiger partial charge in [0.1, 0.15) is 0 Å². The van der Waals surface area contributed by atoms with Crippen molar-refractivity contribution in [3.63, 3.8) is 0 Å². The molecule has 2 nitrogen and oxygen atoms in total. The summed E-state index contributed by atoms with van der Waals surface area (Å²) in [5.74, 6) is 0. The molecule has 0 radical (unpaired) electrons. The molecule has 0 heterocycles. The van der Waals surface area contributed by atoms with E-state index in [0.29, 0.717) is 0 Å². The molecule has 1 aliphatic carbocycles. The number of nitrogens with zero attached hydrogens (tertiary/aromatic N) is 1. The molecule has 0 atom stereocenters. The lowest BCUT2D eigenvalue weighted by Crippen LogP contribution is -1.94. The average molecular weight is 198 g/mol. The minimum Gasteiger partial charge on any atom is -0.346 e. The zero-order valence-electron chi connectivity index (χ0n) is 8.56. The number of hydrogen-bond donors (Lipinski definition) is 1. The zero-order chi connectivity index (χ0) is 10.3. The Kier molecular flexibility index (Phi) is 3.34. The van der Waals surface area contributed by atoms with Crippen LogP contribution in [0.15, 0.2) is 59.2 Å². The van der Waals surface area contributed by atoms with Crippen LogP contribution in [0.4, 0.5) is 5.69 Å². The largest absolute Gasteiger partial charge is 0.346 e. The molecule has 2 heteroatoms. The van der Waals surface area contributed by atoms with E-state index in [1.54, 1.807) is 6.34 Å². The van der Waals surface area contributed by atoms with Gasteiger partial charge in [0.15, 0.2) is 0 Å². The lowest BCUT2D eigenvalue weighted by molar-refractivity contribution is 1.01. The highest BCUT2D eigenvalue weighted by molar-refractivity contribution is 5.76. The van der Waals surface area contributed by atoms with Crippen LogP contribution < -0.4 is 5.32 Å². The minimum absolute atomic E-state index is 1.03. The summed E-state index contributed by atoms with van der Waals surface area (Å²) >= 11 is 0. The van der Waals surface area contributed by atoms with Crippen LogP contribution in [0.1, 0.15) is 12.8 Å². The number of aliphatic imine (C=N–C) groups is 1. The summed E-state index contributed by atoms with van der Waals surface area (Å²) < 4.78 is 0. The van der Waals surface area contributed by atoms with E-state index in [-0.39, 0.29) is 0 Å². The molecule has 0 bridgehead atoms. The number of rotatable bonds is 3. The van der Waals surface area contributed by atoms with Crippen molar-refractivity contribution < 1.29 is 0 Å². The Hall–Kier alpha value is -1.83. The maximum Gasteiger partial charge on any atom is 0.0930 e. The summed E-state index contributed by atoms with van der Waals surface area (Å²) in [5, 5.41) is 3.13. The third-order valence-electron chi connectivity index (χ3n) is 2.19. The normalized spacial score (nSPS) is 15.3. The summed E-state index contributed by atoms with van der Waals surface area (Å²) in [5.41, 5.74) is 2.09. The van der Waals surface area contributed by atoms with Crippen molar-refractivity contribution in [3.05, 3.63) is 54.3 Å². The molecule has 1 aromatic rings. The lowest BCUT2D eigenvalue weighted by atomic mass is 10.1. The maximum absolute atomic E-state index is 4.32. The molecule has 0 aliphatic heterocycles. The van der Waals surface area contributed by atoms with Gasteiger partial charge in [-0.15, -0.1) is 0 Å². The molecular formula is C13H14N2. The van der Waals surface area contributed by atoms with E-state index in [0.717, 1.165) is 24.2 Å². The van der Waals surface area contributed by atoms with Crippen molar-refractivity contribution in [2.24, 2.45) is 4.99 Å². The third-order valence-corrected chi connectivity index (χ3v) is 2.19. The predicted molar refractivity (Wildman–Crippen MR) is 65.0 cm³/mol. The van der Waals surface area contributed by atoms with E-state index in [1.807, 2.05) is 36.4 Å². The zero-order valence-corrected chi connectivity index (χ0v) is 8.56. The molecule has 1 aromatic carbocycles. The second-order valence-electron chi connectivity index (χ2n) is 3.38. The average Bonchev–Trinajstić information content (AvgIpc) is 2.32. The van der Waals surface area contributed by atoms with Crippen LogP contribution in [-0.4, -0.2) is 6.34 Å². The summed E-state index contributed by atoms with van der Waals surface area (Å²) in [4.78, 5) is 4.32. The first-order valence-electron chi connectivity index (χ1n) is 5.16. The number of allylic oxidation sites excluding steroid dienone is 3. The van der Waals surface area contributed by atoms with Crippen LogP contribution in [0, 0.1) is 0 Å². The fourth-order valence-electron chi connectivity index (χ4n) is 1.41. The molecule has 76 valence electrons. The molecule has 0 amide bonds. The predicted octanol–water partition coefficient (Wildman–Crippen LogP) is 3.36. The van der Waals surface area contributed by atoms with E-state index in [2.05, 4.69) is 22.5 Å². The number of nitrogens with one attached hydrogen (secondary N) is 1. The van der Waals surface area contributed by atoms with Crippen molar-refractivity contribution in [3.8, 4) is 0 Å². The highest BCUT2D eigenvalue weighted by Gasteiger charge is 1.92. The molecule has 0 saturated heterocycles. The first-order valence-corrected chi connectivity index (χ1v) is 5.16. The van der Waals surface area contributed by atoms with Crippen LogP contribution in [0.2, 0.25) is 0 Å². The van der Waals surface area contributed by atoms with Gasteiger partial charge in [0.25, 0.3) is 0 Å². The van der Waals surface area contributed by atoms with Gasteiger partial charge in [-0.25, -0.2) is 4.99 Å². The molecule has 0 aromatic heterocycles. The molecule has 15 heavy (non-hydrogen) atoms. The lowest BCUT2D eigenvalue weighted by Gasteiger charge is -2.01. The van der Waals surface area contributed by atoms with Gasteiger partial charge in [-0.05, 0) is 31.1 Å². The van der Waals surface area contributed by atoms with Crippen LogP contribution in [-0.2, 0) is 0 Å². The quantitative estimate of drug-likeness (QED) is 0.584. The van der Waals surface area contributed by atoms with E-state index >= 15 is 0 Å². The number of hydrogen-bond acceptors (Lipinski definition) is 1. The summed E-state index contributed by atoms with van der Waals surface area (Å²) in [7, 11) is 0. The minimum atomic E-state index is 1.03. The molecule has 0 unspecified atom stereocenters. The van der Waals surface area contributed by atoms with E-state index in [9.17, 15) is 0 Å². The molecule has 0 saturated carbocycles. The molecular weight excluding hydrogens is 184 g/mol. The Morgan fingerprint density at radius 3 is 2.73 bits per heavy atom. The fourth-order valence-corrected chi connectivity index (χ4v) is 1.41. The van der Waals surface area contributed by atoms with Crippen LogP contribution in [0.3, 0.4) is 0 Å². The number of anilines is 1. The molecule has 1 aliphatic rings. The topological polar surface area (TPSA) is 24.4 Å². The second-order valence-corrected chi connectivity index (χ2v) is 3.38. The van der Waals surface area contributed by atoms with Gasteiger partial charge in [-0.2, -0.15) is 0 Å². The van der Waals surface area contributed by atoms with Crippen molar-refractivity contribution in [2.45, 2.75) is 12.8 Å². The monoisotopic (exact) mass is 198 g/mol. The highest BCUT2D eigenvalue weighted by Crippen LogP contribution is 2.10. The Morgan fingerprint density at radius 2 is 2.00 bits per heavy atom. The first-order chi connectivity index (χ1) is 7.45. The Labute approximate surface area is 90.0 Å². The van der Waals surface area contributed by atoms with Gasteiger partial charge in [0, 0.05) is 5.69 Å². The molecule has 0 spiro atoms. The van der Waals surface area contributed by atoms with E-state index in [4.69, 9.17) is 0 Å². The Bertz CT molecular complexity index is 388. The fraction of sp³-hybridized carbons (Fsp3) is 0.154. The number of para-hydroxylation sites is 1. The molecule has 1 N–H and O–H groups in total. The Balaban J connectivity index is 1.90. The summed E-state index contributed by atoms with van der Waals surface area (Å²) in [6, 6.07) is 10.0. The van der Waals surface area contributed by atoms with Gasteiger partial charge in [0.05, 0.1) is 12.0 Å². The number of benzene rings is 1. The van der Waals surface area contributed by atoms with Crippen molar-refractivity contribution in [1.29, 1.82) is 0 Å². The third kappa shape index (κ3) is 3.09. The molecule has 2 rings (SSSR count). The Morgan fingerprint density at radius 1 is 1.13 bits per heavy atom. The first kappa shape index (κ1) is 9.71. The van der Waals surface area contributed by atoms with Gasteiger partial charge in [-0.1, -0.05) is 30.4 Å². The summed E-state index contributed by atoms with van der Waals surface area (Å²) in [6.07, 6.45) is 10.3. The SMILES string of the molecule is C1=CC(N=CNc2ccccc2)=CCC1. The van der Waals surface area contributed by atoms with Crippen LogP contribution in [0.5, 0.6) is 0 Å². The molecule has 0 fully saturated rings. The second kappa shape index (κ2) is 5.15. The van der Waals surface area contributed by atoms with E-state index < -0.39 is 0 Å². The van der Waals surface area contributed by atoms with Gasteiger partial charge in [-0.3, -0.25) is 0 Å². The van der Waals surface area contributed by atoms with Crippen LogP contribution >= 0.6 is 0 Å². The van der Waals surface area contributed by atoms with Crippen molar-refractivity contribution in [2.75, 3.05) is 5.32 Å². The smallest absolute Gasteiger partial charge is 0.0930 e. The van der Waals surface area contributed by atoms with Gasteiger partial charge in [0.2, 0.25) is 0 Å². The van der Waals surface area contributed by atoms with Crippen LogP contribution in [0.25, 0.3) is 0 Å². The summed E-state index contributed by atoms with van der Waals surface area (Å²) in [6.45, 7) is 0. The van der Waals surface area contributed by atoms with Crippen molar-refractivity contribution >= 4 is 12.0 Å². The standard InChI is InChI=1S/C13H14N2/c1-3-7-12(8-4-1)14-11-15-13-9-5-2-6-10-13/h1,3-5,7-11H,2,6H2,(H,14,15).